The lowest BCUT2D eigenvalue weighted by Crippen LogP contribution is -2.23. The molecule has 0 heterocycles. The van der Waals surface area contributed by atoms with Crippen molar-refractivity contribution in [3.8, 4) is 5.75 Å². The van der Waals surface area contributed by atoms with Crippen LogP contribution in [-0.2, 0) is 0 Å². The SMILES string of the molecule is CCNC(c1ccc(OC)c(Cl)c1)c1cccc(C)c1F. The second-order valence-electron chi connectivity index (χ2n) is 4.86. The first-order valence-electron chi connectivity index (χ1n) is 6.90. The van der Waals surface area contributed by atoms with Crippen LogP contribution in [0.5, 0.6) is 5.75 Å². The van der Waals surface area contributed by atoms with Gasteiger partial charge in [0.05, 0.1) is 18.2 Å². The van der Waals surface area contributed by atoms with E-state index in [4.69, 9.17) is 16.3 Å². The van der Waals surface area contributed by atoms with Gasteiger partial charge >= 0.3 is 0 Å². The molecule has 21 heavy (non-hydrogen) atoms. The summed E-state index contributed by atoms with van der Waals surface area (Å²) < 4.78 is 19.6. The van der Waals surface area contributed by atoms with Crippen molar-refractivity contribution in [2.24, 2.45) is 0 Å². The second-order valence-corrected chi connectivity index (χ2v) is 5.27. The minimum atomic E-state index is -0.238. The van der Waals surface area contributed by atoms with Gasteiger partial charge in [0.15, 0.2) is 0 Å². The van der Waals surface area contributed by atoms with E-state index in [0.717, 1.165) is 12.1 Å². The van der Waals surface area contributed by atoms with Gasteiger partial charge in [-0.3, -0.25) is 0 Å². The molecule has 0 aromatic heterocycles. The average molecular weight is 308 g/mol. The van der Waals surface area contributed by atoms with Crippen molar-refractivity contribution in [3.63, 3.8) is 0 Å². The molecule has 4 heteroatoms. The number of benzene rings is 2. The molecule has 0 fully saturated rings. The predicted octanol–water partition coefficient (Wildman–Crippen LogP) is 4.50. The Kier molecular flexibility index (Phi) is 5.21. The van der Waals surface area contributed by atoms with Gasteiger partial charge in [-0.05, 0) is 36.7 Å². The van der Waals surface area contributed by atoms with Crippen molar-refractivity contribution >= 4 is 11.6 Å². The lowest BCUT2D eigenvalue weighted by molar-refractivity contribution is 0.414. The zero-order valence-corrected chi connectivity index (χ0v) is 13.2. The van der Waals surface area contributed by atoms with Crippen LogP contribution in [0.4, 0.5) is 4.39 Å². The molecule has 2 rings (SSSR count). The number of aryl methyl sites for hydroxylation is 1. The van der Waals surface area contributed by atoms with Gasteiger partial charge in [0.1, 0.15) is 11.6 Å². The van der Waals surface area contributed by atoms with E-state index < -0.39 is 0 Å². The summed E-state index contributed by atoms with van der Waals surface area (Å²) in [5.41, 5.74) is 2.17. The van der Waals surface area contributed by atoms with Crippen molar-refractivity contribution in [2.45, 2.75) is 19.9 Å². The lowest BCUT2D eigenvalue weighted by atomic mass is 9.96. The number of halogens is 2. The maximum Gasteiger partial charge on any atom is 0.137 e. The van der Waals surface area contributed by atoms with E-state index in [-0.39, 0.29) is 11.9 Å². The van der Waals surface area contributed by atoms with Crippen LogP contribution in [0.3, 0.4) is 0 Å². The third-order valence-corrected chi connectivity index (χ3v) is 3.75. The Bertz CT molecular complexity index is 630. The first kappa shape index (κ1) is 15.8. The number of hydrogen-bond donors (Lipinski definition) is 1. The van der Waals surface area contributed by atoms with E-state index in [1.165, 1.54) is 0 Å². The molecule has 1 N–H and O–H groups in total. The molecule has 1 atom stereocenters. The quantitative estimate of drug-likeness (QED) is 0.878. The molecule has 112 valence electrons. The van der Waals surface area contributed by atoms with Gasteiger partial charge in [0, 0.05) is 5.56 Å². The molecule has 2 aromatic rings. The Balaban J connectivity index is 2.48. The van der Waals surface area contributed by atoms with Crippen molar-refractivity contribution in [1.82, 2.24) is 5.32 Å². The highest BCUT2D eigenvalue weighted by atomic mass is 35.5. The van der Waals surface area contributed by atoms with Gasteiger partial charge in [-0.15, -0.1) is 0 Å². The van der Waals surface area contributed by atoms with Crippen molar-refractivity contribution in [1.29, 1.82) is 0 Å². The van der Waals surface area contributed by atoms with Crippen LogP contribution in [-0.4, -0.2) is 13.7 Å². The molecule has 0 bridgehead atoms. The van der Waals surface area contributed by atoms with Crippen LogP contribution in [0.2, 0.25) is 5.02 Å². The van der Waals surface area contributed by atoms with Crippen molar-refractivity contribution in [2.75, 3.05) is 13.7 Å². The van der Waals surface area contributed by atoms with Crippen molar-refractivity contribution < 1.29 is 9.13 Å². The zero-order chi connectivity index (χ0) is 15.4. The zero-order valence-electron chi connectivity index (χ0n) is 12.4. The molecule has 1 unspecified atom stereocenters. The largest absolute Gasteiger partial charge is 0.495 e. The molecule has 0 spiro atoms. The van der Waals surface area contributed by atoms with E-state index in [2.05, 4.69) is 5.32 Å². The average Bonchev–Trinajstić information content (AvgIpc) is 2.48. The summed E-state index contributed by atoms with van der Waals surface area (Å²) in [5.74, 6) is 0.427. The number of hydrogen-bond acceptors (Lipinski definition) is 2. The highest BCUT2D eigenvalue weighted by Gasteiger charge is 2.19. The summed E-state index contributed by atoms with van der Waals surface area (Å²) in [6, 6.07) is 10.7. The predicted molar refractivity (Wildman–Crippen MR) is 84.7 cm³/mol. The Morgan fingerprint density at radius 1 is 1.29 bits per heavy atom. The van der Waals surface area contributed by atoms with E-state index in [9.17, 15) is 4.39 Å². The molecule has 0 radical (unpaired) electrons. The van der Waals surface area contributed by atoms with Crippen LogP contribution in [0, 0.1) is 12.7 Å². The van der Waals surface area contributed by atoms with Crippen LogP contribution < -0.4 is 10.1 Å². The van der Waals surface area contributed by atoms with Crippen LogP contribution in [0.15, 0.2) is 36.4 Å². The summed E-state index contributed by atoms with van der Waals surface area (Å²) in [7, 11) is 1.57. The summed E-state index contributed by atoms with van der Waals surface area (Å²) in [6.45, 7) is 4.48. The van der Waals surface area contributed by atoms with Gasteiger partial charge in [-0.25, -0.2) is 4.39 Å². The topological polar surface area (TPSA) is 21.3 Å². The van der Waals surface area contributed by atoms with E-state index in [1.807, 2.05) is 25.1 Å². The minimum absolute atomic E-state index is 0.185. The van der Waals surface area contributed by atoms with E-state index >= 15 is 0 Å². The summed E-state index contributed by atoms with van der Waals surface area (Å²) in [5, 5.41) is 3.83. The molecular formula is C17H19ClFNO. The van der Waals surface area contributed by atoms with Crippen LogP contribution in [0.25, 0.3) is 0 Å². The number of rotatable bonds is 5. The number of nitrogens with one attached hydrogen (secondary N) is 1. The van der Waals surface area contributed by atoms with Gasteiger partial charge in [-0.2, -0.15) is 0 Å². The first-order chi connectivity index (χ1) is 10.1. The van der Waals surface area contributed by atoms with E-state index in [1.54, 1.807) is 32.2 Å². The summed E-state index contributed by atoms with van der Waals surface area (Å²) in [6.07, 6.45) is 0. The standard InChI is InChI=1S/C17H19ClFNO/c1-4-20-17(13-7-5-6-11(2)16(13)19)12-8-9-15(21-3)14(18)10-12/h5-10,17,20H,4H2,1-3H3. The Morgan fingerprint density at radius 3 is 2.67 bits per heavy atom. The smallest absolute Gasteiger partial charge is 0.137 e. The van der Waals surface area contributed by atoms with Crippen LogP contribution >= 0.6 is 11.6 Å². The third-order valence-electron chi connectivity index (χ3n) is 3.45. The monoisotopic (exact) mass is 307 g/mol. The lowest BCUT2D eigenvalue weighted by Gasteiger charge is -2.21. The molecule has 0 aliphatic rings. The summed E-state index contributed by atoms with van der Waals surface area (Å²) >= 11 is 6.19. The number of ether oxygens (including phenoxy) is 1. The molecule has 0 amide bonds. The third kappa shape index (κ3) is 3.36. The number of methoxy groups -OCH3 is 1. The first-order valence-corrected chi connectivity index (χ1v) is 7.28. The molecule has 0 aliphatic heterocycles. The molecule has 2 aromatic carbocycles. The minimum Gasteiger partial charge on any atom is -0.495 e. The fraction of sp³-hybridized carbons (Fsp3) is 0.294. The molecule has 2 nitrogen and oxygen atoms in total. The Hall–Kier alpha value is -1.58. The molecular weight excluding hydrogens is 289 g/mol. The fourth-order valence-corrected chi connectivity index (χ4v) is 2.63. The van der Waals surface area contributed by atoms with Gasteiger partial charge < -0.3 is 10.1 Å². The van der Waals surface area contributed by atoms with Gasteiger partial charge in [-0.1, -0.05) is 42.8 Å². The highest BCUT2D eigenvalue weighted by molar-refractivity contribution is 6.32. The normalized spacial score (nSPS) is 12.2. The van der Waals surface area contributed by atoms with Crippen LogP contribution in [0.1, 0.15) is 29.7 Å². The molecule has 0 aliphatic carbocycles. The van der Waals surface area contributed by atoms with Gasteiger partial charge in [0.2, 0.25) is 0 Å². The maximum absolute atomic E-state index is 14.4. The molecule has 0 saturated carbocycles. The Morgan fingerprint density at radius 2 is 2.05 bits per heavy atom. The van der Waals surface area contributed by atoms with Crippen molar-refractivity contribution in [3.05, 3.63) is 63.9 Å². The molecule has 0 saturated heterocycles. The van der Waals surface area contributed by atoms with Gasteiger partial charge in [0.25, 0.3) is 0 Å². The highest BCUT2D eigenvalue weighted by Crippen LogP contribution is 2.31. The fourth-order valence-electron chi connectivity index (χ4n) is 2.37. The Labute approximate surface area is 129 Å². The second kappa shape index (κ2) is 6.92. The van der Waals surface area contributed by atoms with E-state index in [0.29, 0.717) is 21.9 Å². The summed E-state index contributed by atoms with van der Waals surface area (Å²) in [4.78, 5) is 0. The maximum atomic E-state index is 14.4.